The zero-order valence-corrected chi connectivity index (χ0v) is 11.9. The van der Waals surface area contributed by atoms with Crippen molar-refractivity contribution in [3.63, 3.8) is 0 Å². The van der Waals surface area contributed by atoms with E-state index in [2.05, 4.69) is 27.3 Å². The largest absolute Gasteiger partial charge is 0.385 e. The van der Waals surface area contributed by atoms with Crippen molar-refractivity contribution >= 4 is 21.6 Å². The highest BCUT2D eigenvalue weighted by molar-refractivity contribution is 9.10. The number of rotatable bonds is 4. The molecule has 0 amide bonds. The first kappa shape index (κ1) is 14.0. The summed E-state index contributed by atoms with van der Waals surface area (Å²) in [5.41, 5.74) is 1.42. The van der Waals surface area contributed by atoms with Crippen LogP contribution in [0.5, 0.6) is 0 Å². The molecule has 0 saturated carbocycles. The van der Waals surface area contributed by atoms with Gasteiger partial charge in [0.1, 0.15) is 5.82 Å². The van der Waals surface area contributed by atoms with Gasteiger partial charge in [-0.25, -0.2) is 4.39 Å². The number of hydrogen-bond donors (Lipinski definition) is 1. The molecule has 1 aromatic carbocycles. The maximum Gasteiger partial charge on any atom is 0.137 e. The molecule has 0 spiro atoms. The van der Waals surface area contributed by atoms with Crippen LogP contribution in [-0.2, 0) is 0 Å². The molecule has 0 aliphatic carbocycles. The molecule has 2 nitrogen and oxygen atoms in total. The second-order valence-electron chi connectivity index (χ2n) is 4.75. The summed E-state index contributed by atoms with van der Waals surface area (Å²) in [6.07, 6.45) is 0.748. The second-order valence-corrected chi connectivity index (χ2v) is 5.61. The summed E-state index contributed by atoms with van der Waals surface area (Å²) in [7, 11) is 0. The van der Waals surface area contributed by atoms with E-state index in [1.165, 1.54) is 6.07 Å². The summed E-state index contributed by atoms with van der Waals surface area (Å²) >= 11 is 3.16. The highest BCUT2D eigenvalue weighted by atomic mass is 79.9. The third kappa shape index (κ3) is 4.01. The van der Waals surface area contributed by atoms with Crippen LogP contribution in [0.4, 0.5) is 10.1 Å². The van der Waals surface area contributed by atoms with Crippen LogP contribution in [0.3, 0.4) is 0 Å². The van der Waals surface area contributed by atoms with Crippen LogP contribution in [0.1, 0.15) is 25.8 Å². The van der Waals surface area contributed by atoms with Crippen LogP contribution < -0.4 is 5.32 Å². The summed E-state index contributed by atoms with van der Waals surface area (Å²) in [6, 6.07) is 5.47. The van der Waals surface area contributed by atoms with Gasteiger partial charge in [0.2, 0.25) is 0 Å². The zero-order chi connectivity index (χ0) is 13.1. The molecular weight excluding hydrogens is 283 g/mol. The molecule has 0 bridgehead atoms. The average Bonchev–Trinajstić information content (AvgIpc) is 2.25. The summed E-state index contributed by atoms with van der Waals surface area (Å²) in [5, 5.41) is 12.1. The van der Waals surface area contributed by atoms with Gasteiger partial charge in [-0.2, -0.15) is 5.26 Å². The minimum atomic E-state index is -0.335. The van der Waals surface area contributed by atoms with Gasteiger partial charge in [0.25, 0.3) is 0 Å². The molecule has 1 rings (SSSR count). The molecule has 92 valence electrons. The Labute approximate surface area is 110 Å². The lowest BCUT2D eigenvalue weighted by molar-refractivity contribution is 0.466. The topological polar surface area (TPSA) is 35.8 Å². The van der Waals surface area contributed by atoms with Crippen LogP contribution in [0.2, 0.25) is 0 Å². The fraction of sp³-hybridized carbons (Fsp3) is 0.462. The van der Waals surface area contributed by atoms with E-state index in [9.17, 15) is 4.39 Å². The van der Waals surface area contributed by atoms with Crippen LogP contribution in [0, 0.1) is 29.5 Å². The van der Waals surface area contributed by atoms with Gasteiger partial charge in [-0.15, -0.1) is 0 Å². The molecule has 0 radical (unpaired) electrons. The Morgan fingerprint density at radius 3 is 2.71 bits per heavy atom. The Morgan fingerprint density at radius 2 is 2.12 bits per heavy atom. The van der Waals surface area contributed by atoms with E-state index in [0.29, 0.717) is 11.0 Å². The van der Waals surface area contributed by atoms with E-state index in [1.807, 2.05) is 20.8 Å². The average molecular weight is 299 g/mol. The zero-order valence-electron chi connectivity index (χ0n) is 10.3. The van der Waals surface area contributed by atoms with Crippen LogP contribution in [-0.4, -0.2) is 6.54 Å². The Bertz CT molecular complexity index is 449. The maximum atomic E-state index is 13.2. The van der Waals surface area contributed by atoms with Gasteiger partial charge in [0, 0.05) is 12.2 Å². The summed E-state index contributed by atoms with van der Waals surface area (Å²) in [5.74, 6) is -0.259. The number of aryl methyl sites for hydroxylation is 1. The highest BCUT2D eigenvalue weighted by Gasteiger charge is 2.15. The summed E-state index contributed by atoms with van der Waals surface area (Å²) in [4.78, 5) is 0. The number of nitrogens with zero attached hydrogens (tertiary/aromatic N) is 1. The van der Waals surface area contributed by atoms with Crippen molar-refractivity contribution in [2.75, 3.05) is 11.9 Å². The molecule has 0 aromatic heterocycles. The lowest BCUT2D eigenvalue weighted by Crippen LogP contribution is -2.15. The molecule has 17 heavy (non-hydrogen) atoms. The number of halogens is 2. The minimum absolute atomic E-state index is 0.259. The molecule has 0 unspecified atom stereocenters. The number of hydrogen-bond acceptors (Lipinski definition) is 2. The van der Waals surface area contributed by atoms with Crippen molar-refractivity contribution in [1.29, 1.82) is 5.26 Å². The fourth-order valence-electron chi connectivity index (χ4n) is 1.40. The van der Waals surface area contributed by atoms with Crippen molar-refractivity contribution in [2.24, 2.45) is 5.41 Å². The second kappa shape index (κ2) is 5.50. The normalized spacial score (nSPS) is 11.1. The van der Waals surface area contributed by atoms with E-state index in [4.69, 9.17) is 5.26 Å². The summed E-state index contributed by atoms with van der Waals surface area (Å²) in [6.45, 7) is 6.36. The van der Waals surface area contributed by atoms with Gasteiger partial charge in [-0.1, -0.05) is 0 Å². The molecule has 1 N–H and O–H groups in total. The van der Waals surface area contributed by atoms with Crippen molar-refractivity contribution < 1.29 is 4.39 Å². The van der Waals surface area contributed by atoms with Crippen molar-refractivity contribution in [2.45, 2.75) is 27.2 Å². The van der Waals surface area contributed by atoms with E-state index < -0.39 is 0 Å². The number of nitrogens with one attached hydrogen (secondary N) is 1. The number of anilines is 1. The lowest BCUT2D eigenvalue weighted by atomic mass is 9.91. The van der Waals surface area contributed by atoms with Gasteiger partial charge in [0.15, 0.2) is 0 Å². The molecule has 0 heterocycles. The number of nitriles is 1. The standard InChI is InChI=1S/C13H16BrFN2/c1-9-6-11(15)10(14)7-12(9)17-5-4-13(2,3)8-16/h6-7,17H,4-5H2,1-3H3. The predicted molar refractivity (Wildman–Crippen MR) is 71.3 cm³/mol. The van der Waals surface area contributed by atoms with Gasteiger partial charge in [-0.3, -0.25) is 0 Å². The third-order valence-electron chi connectivity index (χ3n) is 2.64. The Morgan fingerprint density at radius 1 is 1.47 bits per heavy atom. The van der Waals surface area contributed by atoms with Crippen molar-refractivity contribution in [3.8, 4) is 6.07 Å². The van der Waals surface area contributed by atoms with Gasteiger partial charge in [0.05, 0.1) is 16.0 Å². The SMILES string of the molecule is Cc1cc(F)c(Br)cc1NCCC(C)(C)C#N. The Hall–Kier alpha value is -1.08. The van der Waals surface area contributed by atoms with E-state index in [-0.39, 0.29) is 11.2 Å². The van der Waals surface area contributed by atoms with Crippen LogP contribution in [0.15, 0.2) is 16.6 Å². The lowest BCUT2D eigenvalue weighted by Gasteiger charge is -2.17. The quantitative estimate of drug-likeness (QED) is 0.902. The van der Waals surface area contributed by atoms with Crippen molar-refractivity contribution in [3.05, 3.63) is 28.0 Å². The van der Waals surface area contributed by atoms with Crippen LogP contribution in [0.25, 0.3) is 0 Å². The predicted octanol–water partition coefficient (Wildman–Crippen LogP) is 4.25. The molecule has 0 saturated heterocycles. The Kier molecular flexibility index (Phi) is 4.53. The molecule has 0 aliphatic rings. The van der Waals surface area contributed by atoms with Crippen LogP contribution >= 0.6 is 15.9 Å². The van der Waals surface area contributed by atoms with Gasteiger partial charge >= 0.3 is 0 Å². The first-order valence-corrected chi connectivity index (χ1v) is 6.26. The molecular formula is C13H16BrFN2. The fourth-order valence-corrected chi connectivity index (χ4v) is 1.75. The highest BCUT2D eigenvalue weighted by Crippen LogP contribution is 2.25. The summed E-state index contributed by atoms with van der Waals surface area (Å²) < 4.78 is 13.7. The Balaban J connectivity index is 2.65. The van der Waals surface area contributed by atoms with Gasteiger partial charge < -0.3 is 5.32 Å². The number of benzene rings is 1. The smallest absolute Gasteiger partial charge is 0.137 e. The monoisotopic (exact) mass is 298 g/mol. The maximum absolute atomic E-state index is 13.2. The van der Waals surface area contributed by atoms with E-state index in [1.54, 1.807) is 6.07 Å². The first-order valence-electron chi connectivity index (χ1n) is 5.46. The van der Waals surface area contributed by atoms with Gasteiger partial charge in [-0.05, 0) is 60.8 Å². The molecule has 4 heteroatoms. The molecule has 0 aliphatic heterocycles. The van der Waals surface area contributed by atoms with E-state index >= 15 is 0 Å². The van der Waals surface area contributed by atoms with E-state index in [0.717, 1.165) is 17.7 Å². The first-order chi connectivity index (χ1) is 7.85. The molecule has 0 atom stereocenters. The molecule has 1 aromatic rings. The third-order valence-corrected chi connectivity index (χ3v) is 3.24. The molecule has 0 fully saturated rings. The minimum Gasteiger partial charge on any atom is -0.385 e. The van der Waals surface area contributed by atoms with Crippen molar-refractivity contribution in [1.82, 2.24) is 0 Å².